The molecule has 0 N–H and O–H groups in total. The van der Waals surface area contributed by atoms with Gasteiger partial charge in [0.05, 0.1) is 0 Å². The third-order valence-corrected chi connectivity index (χ3v) is 5.24. The zero-order valence-corrected chi connectivity index (χ0v) is 16.4. The van der Waals surface area contributed by atoms with Gasteiger partial charge in [-0.2, -0.15) is 0 Å². The molecule has 2 aromatic heterocycles. The monoisotopic (exact) mass is 393 g/mol. The van der Waals surface area contributed by atoms with Gasteiger partial charge < -0.3 is 4.42 Å². The highest BCUT2D eigenvalue weighted by Crippen LogP contribution is 2.33. The largest absolute Gasteiger partial charge is 0.456 e. The molecule has 0 spiro atoms. The van der Waals surface area contributed by atoms with Crippen molar-refractivity contribution in [1.82, 2.24) is 4.57 Å². The quantitative estimate of drug-likeness (QED) is 0.297. The van der Waals surface area contributed by atoms with Crippen LogP contribution in [0.25, 0.3) is 22.3 Å². The van der Waals surface area contributed by atoms with Crippen molar-refractivity contribution in [2.45, 2.75) is 13.1 Å². The van der Waals surface area contributed by atoms with Crippen molar-refractivity contribution in [3.8, 4) is 11.3 Å². The van der Waals surface area contributed by atoms with Crippen LogP contribution in [0.1, 0.15) is 15.9 Å². The Morgan fingerprint density at radius 3 is 2.37 bits per heavy atom. The van der Waals surface area contributed by atoms with Crippen LogP contribution in [0.2, 0.25) is 0 Å². The van der Waals surface area contributed by atoms with Crippen LogP contribution in [0.15, 0.2) is 108 Å². The molecular weight excluding hydrogens is 372 g/mol. The average molecular weight is 393 g/mol. The van der Waals surface area contributed by atoms with Gasteiger partial charge in [-0.05, 0) is 6.07 Å². The number of carbonyl (C=O) groups excluding carboxylic acids is 1. The van der Waals surface area contributed by atoms with Crippen LogP contribution in [-0.2, 0) is 13.1 Å². The summed E-state index contributed by atoms with van der Waals surface area (Å²) in [6, 6.07) is 27.7. The summed E-state index contributed by atoms with van der Waals surface area (Å²) in [4.78, 5) is 12.5. The lowest BCUT2D eigenvalue weighted by Gasteiger charge is -2.02. The van der Waals surface area contributed by atoms with Gasteiger partial charge in [0.2, 0.25) is 12.1 Å². The van der Waals surface area contributed by atoms with Gasteiger partial charge in [-0.3, -0.25) is 4.79 Å². The number of furan rings is 1. The topological polar surface area (TPSA) is 39.0 Å². The molecule has 0 saturated heterocycles. The molecule has 3 aromatic carbocycles. The van der Waals surface area contributed by atoms with E-state index < -0.39 is 0 Å². The number of fused-ring (bicyclic) bond motifs is 1. The molecule has 0 saturated carbocycles. The van der Waals surface area contributed by atoms with E-state index in [-0.39, 0.29) is 5.78 Å². The normalized spacial score (nSPS) is 11.1. The van der Waals surface area contributed by atoms with E-state index in [0.717, 1.165) is 33.4 Å². The summed E-state index contributed by atoms with van der Waals surface area (Å²) in [7, 11) is 0. The zero-order valence-electron chi connectivity index (χ0n) is 16.4. The number of ketones is 1. The molecule has 0 unspecified atom stereocenters. The molecule has 0 amide bonds. The maximum Gasteiger partial charge on any atom is 0.244 e. The lowest BCUT2D eigenvalue weighted by molar-refractivity contribution is -0.687. The summed E-state index contributed by atoms with van der Waals surface area (Å²) in [5, 5.41) is 1.11. The summed E-state index contributed by atoms with van der Waals surface area (Å²) >= 11 is 0. The van der Waals surface area contributed by atoms with Gasteiger partial charge in [-0.1, -0.05) is 78.9 Å². The third-order valence-electron chi connectivity index (χ3n) is 5.24. The van der Waals surface area contributed by atoms with Gasteiger partial charge in [-0.25, -0.2) is 9.13 Å². The van der Waals surface area contributed by atoms with Crippen molar-refractivity contribution < 1.29 is 13.8 Å². The fraction of sp³-hybridized carbons (Fsp3) is 0.0769. The number of aromatic nitrogens is 2. The standard InChI is InChI=1S/C26H21N2O2/c29-24(20-9-3-1-4-10-20)18-28-16-15-27(19-28)17-23-22-13-7-8-14-25(22)30-26(23)21-11-5-2-6-12-21/h1-16,19H,17-18H2/q+1. The predicted octanol–water partition coefficient (Wildman–Crippen LogP) is 5.12. The van der Waals surface area contributed by atoms with Crippen LogP contribution in [0.5, 0.6) is 0 Å². The molecule has 0 aliphatic carbocycles. The van der Waals surface area contributed by atoms with Gasteiger partial charge in [0, 0.05) is 22.1 Å². The molecular formula is C26H21N2O2+. The van der Waals surface area contributed by atoms with Crippen molar-refractivity contribution in [1.29, 1.82) is 0 Å². The van der Waals surface area contributed by atoms with Crippen molar-refractivity contribution in [2.75, 3.05) is 0 Å². The summed E-state index contributed by atoms with van der Waals surface area (Å²) in [5.41, 5.74) is 3.80. The minimum Gasteiger partial charge on any atom is -0.456 e. The molecule has 146 valence electrons. The molecule has 5 aromatic rings. The number of para-hydroxylation sites is 1. The smallest absolute Gasteiger partial charge is 0.244 e. The maximum absolute atomic E-state index is 12.5. The van der Waals surface area contributed by atoms with E-state index in [2.05, 4.69) is 22.8 Å². The molecule has 0 bridgehead atoms. The Morgan fingerprint density at radius 1 is 0.867 bits per heavy atom. The van der Waals surface area contributed by atoms with E-state index in [1.807, 2.05) is 90.0 Å². The number of carbonyl (C=O) groups is 1. The summed E-state index contributed by atoms with van der Waals surface area (Å²) in [6.07, 6.45) is 5.90. The van der Waals surface area contributed by atoms with E-state index in [4.69, 9.17) is 4.42 Å². The first-order chi connectivity index (χ1) is 14.8. The SMILES string of the molecule is O=C(Cn1cc[n+](Cc2c(-c3ccccc3)oc3ccccc23)c1)c1ccccc1. The van der Waals surface area contributed by atoms with Crippen molar-refractivity contribution in [3.63, 3.8) is 0 Å². The molecule has 0 radical (unpaired) electrons. The number of hydrogen-bond donors (Lipinski definition) is 0. The highest BCUT2D eigenvalue weighted by atomic mass is 16.3. The second-order valence-electron chi connectivity index (χ2n) is 7.32. The second kappa shape index (κ2) is 7.84. The molecule has 0 aliphatic rings. The number of Topliss-reactive ketones (excluding diaryl/α,β-unsaturated/α-hetero) is 1. The fourth-order valence-corrected chi connectivity index (χ4v) is 3.77. The summed E-state index contributed by atoms with van der Waals surface area (Å²) < 4.78 is 10.2. The Kier molecular flexibility index (Phi) is 4.74. The van der Waals surface area contributed by atoms with Gasteiger partial charge >= 0.3 is 0 Å². The van der Waals surface area contributed by atoms with Gasteiger partial charge in [0.1, 0.15) is 30.3 Å². The first kappa shape index (κ1) is 18.1. The Hall–Kier alpha value is -3.92. The molecule has 4 heteroatoms. The predicted molar refractivity (Wildman–Crippen MR) is 116 cm³/mol. The number of imidazole rings is 1. The van der Waals surface area contributed by atoms with Crippen molar-refractivity contribution in [3.05, 3.63) is 115 Å². The van der Waals surface area contributed by atoms with Crippen LogP contribution < -0.4 is 4.57 Å². The molecule has 0 aliphatic heterocycles. The second-order valence-corrected chi connectivity index (χ2v) is 7.32. The number of hydrogen-bond acceptors (Lipinski definition) is 2. The van der Waals surface area contributed by atoms with Gasteiger partial charge in [-0.15, -0.1) is 0 Å². The molecule has 2 heterocycles. The molecule has 30 heavy (non-hydrogen) atoms. The first-order valence-corrected chi connectivity index (χ1v) is 9.97. The average Bonchev–Trinajstić information content (AvgIpc) is 3.40. The minimum atomic E-state index is 0.0945. The maximum atomic E-state index is 12.5. The molecule has 5 rings (SSSR count). The van der Waals surface area contributed by atoms with Crippen LogP contribution in [0.4, 0.5) is 0 Å². The Morgan fingerprint density at radius 2 is 1.57 bits per heavy atom. The van der Waals surface area contributed by atoms with E-state index in [1.165, 1.54) is 0 Å². The summed E-state index contributed by atoms with van der Waals surface area (Å²) in [5.74, 6) is 0.981. The Labute approximate surface area is 174 Å². The van der Waals surface area contributed by atoms with Crippen LogP contribution in [-0.4, -0.2) is 10.4 Å². The Bertz CT molecular complexity index is 1300. The molecule has 0 atom stereocenters. The molecule has 4 nitrogen and oxygen atoms in total. The van der Waals surface area contributed by atoms with E-state index in [9.17, 15) is 4.79 Å². The van der Waals surface area contributed by atoms with Crippen LogP contribution >= 0.6 is 0 Å². The summed E-state index contributed by atoms with van der Waals surface area (Å²) in [6.45, 7) is 0.975. The number of benzene rings is 3. The highest BCUT2D eigenvalue weighted by Gasteiger charge is 2.19. The van der Waals surface area contributed by atoms with Gasteiger partial charge in [0.25, 0.3) is 0 Å². The lowest BCUT2D eigenvalue weighted by atomic mass is 10.1. The van der Waals surface area contributed by atoms with Crippen LogP contribution in [0, 0.1) is 0 Å². The van der Waals surface area contributed by atoms with E-state index in [1.54, 1.807) is 0 Å². The van der Waals surface area contributed by atoms with E-state index in [0.29, 0.717) is 13.1 Å². The Balaban J connectivity index is 1.45. The van der Waals surface area contributed by atoms with E-state index >= 15 is 0 Å². The zero-order chi connectivity index (χ0) is 20.3. The number of rotatable bonds is 6. The third kappa shape index (κ3) is 3.55. The first-order valence-electron chi connectivity index (χ1n) is 9.97. The van der Waals surface area contributed by atoms with Gasteiger partial charge in [0.15, 0.2) is 6.54 Å². The van der Waals surface area contributed by atoms with Crippen molar-refractivity contribution >= 4 is 16.8 Å². The van der Waals surface area contributed by atoms with Crippen molar-refractivity contribution in [2.24, 2.45) is 0 Å². The van der Waals surface area contributed by atoms with Crippen LogP contribution in [0.3, 0.4) is 0 Å². The highest BCUT2D eigenvalue weighted by molar-refractivity contribution is 5.95. The molecule has 0 fully saturated rings. The minimum absolute atomic E-state index is 0.0945. The fourth-order valence-electron chi connectivity index (χ4n) is 3.77. The number of nitrogens with zero attached hydrogens (tertiary/aromatic N) is 2. The lowest BCUT2D eigenvalue weighted by Crippen LogP contribution is -2.32.